The fraction of sp³-hybridized carbons (Fsp3) is 0.0667. The van der Waals surface area contributed by atoms with Crippen molar-refractivity contribution in [2.75, 3.05) is 0 Å². The average molecular weight is 271 g/mol. The summed E-state index contributed by atoms with van der Waals surface area (Å²) in [7, 11) is 0. The van der Waals surface area contributed by atoms with E-state index in [0.29, 0.717) is 0 Å². The van der Waals surface area contributed by atoms with Crippen LogP contribution >= 0.6 is 15.9 Å². The highest BCUT2D eigenvalue weighted by atomic mass is 79.9. The van der Waals surface area contributed by atoms with E-state index in [0.717, 1.165) is 4.47 Å². The van der Waals surface area contributed by atoms with Gasteiger partial charge in [0.1, 0.15) is 0 Å². The minimum absolute atomic E-state index is 1.13. The Morgan fingerprint density at radius 2 is 1.31 bits per heavy atom. The first-order valence-corrected chi connectivity index (χ1v) is 6.12. The Hall–Kier alpha value is -1.34. The van der Waals surface area contributed by atoms with Crippen LogP contribution in [0.25, 0.3) is 21.5 Å². The van der Waals surface area contributed by atoms with Gasteiger partial charge in [0.15, 0.2) is 0 Å². The van der Waals surface area contributed by atoms with Crippen LogP contribution in [0.5, 0.6) is 0 Å². The second-order valence-electron chi connectivity index (χ2n) is 4.16. The van der Waals surface area contributed by atoms with E-state index >= 15 is 0 Å². The second-order valence-corrected chi connectivity index (χ2v) is 5.07. The van der Waals surface area contributed by atoms with Gasteiger partial charge in [0.05, 0.1) is 0 Å². The number of rotatable bonds is 0. The summed E-state index contributed by atoms with van der Waals surface area (Å²) < 4.78 is 1.13. The molecule has 0 spiro atoms. The van der Waals surface area contributed by atoms with Gasteiger partial charge in [-0.05, 0) is 40.6 Å². The average Bonchev–Trinajstić information content (AvgIpc) is 2.29. The van der Waals surface area contributed by atoms with Crippen molar-refractivity contribution in [1.82, 2.24) is 0 Å². The van der Waals surface area contributed by atoms with Gasteiger partial charge in [-0.1, -0.05) is 57.9 Å². The lowest BCUT2D eigenvalue weighted by molar-refractivity contribution is 1.51. The van der Waals surface area contributed by atoms with E-state index in [4.69, 9.17) is 0 Å². The molecule has 0 aliphatic heterocycles. The van der Waals surface area contributed by atoms with Crippen LogP contribution in [-0.4, -0.2) is 0 Å². The summed E-state index contributed by atoms with van der Waals surface area (Å²) >= 11 is 3.54. The summed E-state index contributed by atoms with van der Waals surface area (Å²) in [4.78, 5) is 0. The van der Waals surface area contributed by atoms with Gasteiger partial charge in [-0.2, -0.15) is 0 Å². The monoisotopic (exact) mass is 270 g/mol. The zero-order chi connectivity index (χ0) is 11.1. The van der Waals surface area contributed by atoms with Crippen LogP contribution in [0.1, 0.15) is 5.56 Å². The van der Waals surface area contributed by atoms with E-state index in [1.165, 1.54) is 27.1 Å². The quantitative estimate of drug-likeness (QED) is 0.501. The van der Waals surface area contributed by atoms with E-state index in [2.05, 4.69) is 71.4 Å². The molecule has 0 aromatic heterocycles. The van der Waals surface area contributed by atoms with E-state index in [9.17, 15) is 0 Å². The lowest BCUT2D eigenvalue weighted by Crippen LogP contribution is -1.79. The van der Waals surface area contributed by atoms with Gasteiger partial charge in [0.25, 0.3) is 0 Å². The maximum atomic E-state index is 3.54. The normalized spacial score (nSPS) is 11.1. The Morgan fingerprint density at radius 3 is 2.06 bits per heavy atom. The summed E-state index contributed by atoms with van der Waals surface area (Å²) in [5.41, 5.74) is 1.31. The fourth-order valence-electron chi connectivity index (χ4n) is 2.14. The topological polar surface area (TPSA) is 0 Å². The van der Waals surface area contributed by atoms with Crippen LogP contribution in [0.2, 0.25) is 0 Å². The molecule has 3 aromatic carbocycles. The lowest BCUT2D eigenvalue weighted by atomic mass is 10.0. The number of hydrogen-bond donors (Lipinski definition) is 0. The van der Waals surface area contributed by atoms with Gasteiger partial charge in [-0.3, -0.25) is 0 Å². The summed E-state index contributed by atoms with van der Waals surface area (Å²) in [6, 6.07) is 17.4. The minimum Gasteiger partial charge on any atom is -0.0587 e. The third-order valence-corrected chi connectivity index (χ3v) is 3.45. The van der Waals surface area contributed by atoms with Gasteiger partial charge < -0.3 is 0 Å². The summed E-state index contributed by atoms with van der Waals surface area (Å²) in [5, 5.41) is 5.24. The molecule has 0 aliphatic rings. The van der Waals surface area contributed by atoms with Gasteiger partial charge in [-0.25, -0.2) is 0 Å². The number of aryl methyl sites for hydroxylation is 1. The van der Waals surface area contributed by atoms with Crippen molar-refractivity contribution in [3.05, 3.63) is 58.6 Å². The molecule has 0 atom stereocenters. The zero-order valence-electron chi connectivity index (χ0n) is 9.00. The molecule has 78 valence electrons. The standard InChI is InChI=1S/C15H11Br/c1-10-2-3-11-4-5-12-6-7-13(16)9-15(12)14(11)8-10/h2-9H,1H3. The van der Waals surface area contributed by atoms with E-state index < -0.39 is 0 Å². The number of hydrogen-bond acceptors (Lipinski definition) is 0. The molecule has 16 heavy (non-hydrogen) atoms. The van der Waals surface area contributed by atoms with Gasteiger partial charge in [0, 0.05) is 4.47 Å². The Balaban J connectivity index is 2.55. The van der Waals surface area contributed by atoms with E-state index in [1.54, 1.807) is 0 Å². The van der Waals surface area contributed by atoms with Crippen molar-refractivity contribution in [3.8, 4) is 0 Å². The van der Waals surface area contributed by atoms with Gasteiger partial charge in [0.2, 0.25) is 0 Å². The fourth-order valence-corrected chi connectivity index (χ4v) is 2.50. The lowest BCUT2D eigenvalue weighted by Gasteiger charge is -2.05. The molecule has 0 saturated heterocycles. The molecule has 3 rings (SSSR count). The predicted octanol–water partition coefficient (Wildman–Crippen LogP) is 5.06. The maximum absolute atomic E-state index is 3.54. The van der Waals surface area contributed by atoms with Crippen molar-refractivity contribution in [1.29, 1.82) is 0 Å². The van der Waals surface area contributed by atoms with Crippen molar-refractivity contribution in [2.24, 2.45) is 0 Å². The zero-order valence-corrected chi connectivity index (χ0v) is 10.6. The second kappa shape index (κ2) is 3.60. The van der Waals surface area contributed by atoms with Crippen LogP contribution < -0.4 is 0 Å². The van der Waals surface area contributed by atoms with Gasteiger partial charge >= 0.3 is 0 Å². The maximum Gasteiger partial charge on any atom is 0.0181 e. The first-order chi connectivity index (χ1) is 7.74. The van der Waals surface area contributed by atoms with E-state index in [1.807, 2.05) is 0 Å². The van der Waals surface area contributed by atoms with Gasteiger partial charge in [-0.15, -0.1) is 0 Å². The Labute approximate surface area is 103 Å². The van der Waals surface area contributed by atoms with Crippen LogP contribution in [0.3, 0.4) is 0 Å². The number of halogens is 1. The van der Waals surface area contributed by atoms with Crippen LogP contribution in [0, 0.1) is 6.92 Å². The Kier molecular flexibility index (Phi) is 2.22. The summed E-state index contributed by atoms with van der Waals surface area (Å²) in [6.07, 6.45) is 0. The van der Waals surface area contributed by atoms with Crippen molar-refractivity contribution in [3.63, 3.8) is 0 Å². The molecule has 0 bridgehead atoms. The van der Waals surface area contributed by atoms with E-state index in [-0.39, 0.29) is 0 Å². The highest BCUT2D eigenvalue weighted by molar-refractivity contribution is 9.10. The smallest absolute Gasteiger partial charge is 0.0181 e. The molecule has 0 aliphatic carbocycles. The SMILES string of the molecule is Cc1ccc2ccc3ccc(Br)cc3c2c1. The molecule has 0 amide bonds. The predicted molar refractivity (Wildman–Crippen MR) is 73.9 cm³/mol. The first kappa shape index (κ1) is 9.86. The molecule has 0 heterocycles. The number of benzene rings is 3. The molecule has 0 saturated carbocycles. The molecule has 1 heteroatoms. The molecule has 0 N–H and O–H groups in total. The molecular weight excluding hydrogens is 260 g/mol. The molecule has 3 aromatic rings. The third-order valence-electron chi connectivity index (χ3n) is 2.96. The molecule has 0 radical (unpaired) electrons. The Morgan fingerprint density at radius 1 is 0.750 bits per heavy atom. The van der Waals surface area contributed by atoms with Crippen molar-refractivity contribution >= 4 is 37.5 Å². The van der Waals surface area contributed by atoms with Crippen LogP contribution in [0.15, 0.2) is 53.0 Å². The van der Waals surface area contributed by atoms with Crippen molar-refractivity contribution in [2.45, 2.75) is 6.92 Å². The van der Waals surface area contributed by atoms with Crippen LogP contribution in [0.4, 0.5) is 0 Å². The molecule has 0 unspecified atom stereocenters. The highest BCUT2D eigenvalue weighted by Gasteiger charge is 2.01. The van der Waals surface area contributed by atoms with Crippen molar-refractivity contribution < 1.29 is 0 Å². The summed E-state index contributed by atoms with van der Waals surface area (Å²) in [5.74, 6) is 0. The molecular formula is C15H11Br. The highest BCUT2D eigenvalue weighted by Crippen LogP contribution is 2.28. The largest absolute Gasteiger partial charge is 0.0587 e. The van der Waals surface area contributed by atoms with Crippen LogP contribution in [-0.2, 0) is 0 Å². The molecule has 0 nitrogen and oxygen atoms in total. The Bertz CT molecular complexity index is 623. The summed E-state index contributed by atoms with van der Waals surface area (Å²) in [6.45, 7) is 2.14. The minimum atomic E-state index is 1.13. The number of fused-ring (bicyclic) bond motifs is 3. The molecule has 0 fully saturated rings. The third kappa shape index (κ3) is 1.52. The first-order valence-electron chi connectivity index (χ1n) is 5.33.